The van der Waals surface area contributed by atoms with E-state index in [4.69, 9.17) is 11.6 Å². The molecule has 0 atom stereocenters. The van der Waals surface area contributed by atoms with Gasteiger partial charge in [-0.15, -0.1) is 0 Å². The maximum absolute atomic E-state index is 5.83. The van der Waals surface area contributed by atoms with E-state index in [-0.39, 0.29) is 0 Å². The number of aryl methyl sites for hydroxylation is 1. The molecular formula is C10H9BrClN3. The summed E-state index contributed by atoms with van der Waals surface area (Å²) in [4.78, 5) is 4.20. The molecule has 0 amide bonds. The van der Waals surface area contributed by atoms with E-state index in [1.54, 1.807) is 10.7 Å². The van der Waals surface area contributed by atoms with Gasteiger partial charge in [0.25, 0.3) is 0 Å². The van der Waals surface area contributed by atoms with E-state index >= 15 is 0 Å². The molecule has 0 fully saturated rings. The van der Waals surface area contributed by atoms with Crippen LogP contribution in [-0.2, 0) is 0 Å². The van der Waals surface area contributed by atoms with E-state index in [0.717, 1.165) is 21.7 Å². The van der Waals surface area contributed by atoms with Gasteiger partial charge in [0, 0.05) is 0 Å². The Hall–Kier alpha value is -0.870. The fourth-order valence-corrected chi connectivity index (χ4v) is 1.77. The molecule has 0 aliphatic heterocycles. The molecule has 0 aromatic carbocycles. The van der Waals surface area contributed by atoms with Crippen molar-refractivity contribution in [2.75, 3.05) is 0 Å². The number of rotatable bonds is 1. The smallest absolute Gasteiger partial charge is 0.155 e. The largest absolute Gasteiger partial charge is 0.218 e. The van der Waals surface area contributed by atoms with Crippen molar-refractivity contribution >= 4 is 27.5 Å². The van der Waals surface area contributed by atoms with Crippen molar-refractivity contribution in [2.24, 2.45) is 0 Å². The van der Waals surface area contributed by atoms with Crippen molar-refractivity contribution in [3.63, 3.8) is 0 Å². The predicted molar refractivity (Wildman–Crippen MR) is 63.5 cm³/mol. The van der Waals surface area contributed by atoms with Crippen LogP contribution < -0.4 is 0 Å². The molecule has 2 aromatic heterocycles. The molecule has 0 saturated carbocycles. The average Bonchev–Trinajstić information content (AvgIpc) is 2.46. The first kappa shape index (κ1) is 10.6. The molecule has 0 N–H and O–H groups in total. The molecule has 5 heteroatoms. The molecule has 0 aliphatic carbocycles. The van der Waals surface area contributed by atoms with Crippen molar-refractivity contribution in [1.29, 1.82) is 0 Å². The zero-order valence-electron chi connectivity index (χ0n) is 8.33. The summed E-state index contributed by atoms with van der Waals surface area (Å²) in [5.41, 5.74) is 1.96. The van der Waals surface area contributed by atoms with Crippen LogP contribution in [0.2, 0.25) is 5.15 Å². The Morgan fingerprint density at radius 1 is 1.33 bits per heavy atom. The molecule has 0 radical (unpaired) electrons. The molecule has 15 heavy (non-hydrogen) atoms. The minimum Gasteiger partial charge on any atom is -0.218 e. The highest BCUT2D eigenvalue weighted by Crippen LogP contribution is 2.22. The van der Waals surface area contributed by atoms with E-state index in [9.17, 15) is 0 Å². The summed E-state index contributed by atoms with van der Waals surface area (Å²) in [6.45, 7) is 3.92. The third kappa shape index (κ3) is 1.92. The fraction of sp³-hybridized carbons (Fsp3) is 0.200. The summed E-state index contributed by atoms with van der Waals surface area (Å²) < 4.78 is 2.77. The number of hydrogen-bond acceptors (Lipinski definition) is 2. The molecular weight excluding hydrogens is 277 g/mol. The molecule has 0 spiro atoms. The third-order valence-electron chi connectivity index (χ3n) is 2.12. The predicted octanol–water partition coefficient (Wildman–Crippen LogP) is 3.30. The Kier molecular flexibility index (Phi) is 2.80. The van der Waals surface area contributed by atoms with Crippen molar-refractivity contribution in [2.45, 2.75) is 13.8 Å². The quantitative estimate of drug-likeness (QED) is 0.753. The molecule has 2 rings (SSSR count). The van der Waals surface area contributed by atoms with Gasteiger partial charge in [0.1, 0.15) is 5.15 Å². The summed E-state index contributed by atoms with van der Waals surface area (Å²) >= 11 is 9.30. The van der Waals surface area contributed by atoms with Gasteiger partial charge in [-0.1, -0.05) is 17.7 Å². The number of nitrogens with zero attached hydrogens (tertiary/aromatic N) is 3. The first-order valence-electron chi connectivity index (χ1n) is 4.44. The van der Waals surface area contributed by atoms with Crippen LogP contribution in [0.15, 0.2) is 22.7 Å². The van der Waals surface area contributed by atoms with Crippen LogP contribution in [0.1, 0.15) is 11.4 Å². The summed E-state index contributed by atoms with van der Waals surface area (Å²) in [5, 5.41) is 4.84. The van der Waals surface area contributed by atoms with Crippen molar-refractivity contribution in [3.8, 4) is 5.82 Å². The topological polar surface area (TPSA) is 30.7 Å². The van der Waals surface area contributed by atoms with Crippen molar-refractivity contribution in [3.05, 3.63) is 39.2 Å². The van der Waals surface area contributed by atoms with Crippen LogP contribution in [0, 0.1) is 13.8 Å². The first-order valence-corrected chi connectivity index (χ1v) is 5.61. The van der Waals surface area contributed by atoms with E-state index < -0.39 is 0 Å². The Balaban J connectivity index is 2.59. The number of pyridine rings is 1. The molecule has 0 aliphatic rings. The van der Waals surface area contributed by atoms with Crippen LogP contribution in [0.3, 0.4) is 0 Å². The number of halogens is 2. The Morgan fingerprint density at radius 2 is 2.07 bits per heavy atom. The standard InChI is InChI=1S/C10H9BrClN3/c1-6-10(11)7(2)15(14-6)9-5-3-4-8(12)13-9/h3-5H,1-2H3. The SMILES string of the molecule is Cc1nn(-c2cccc(Cl)n2)c(C)c1Br. The van der Waals surface area contributed by atoms with E-state index in [0.29, 0.717) is 5.15 Å². The summed E-state index contributed by atoms with van der Waals surface area (Å²) in [6.07, 6.45) is 0. The Bertz CT molecular complexity index is 507. The molecule has 2 heterocycles. The van der Waals surface area contributed by atoms with Crippen molar-refractivity contribution < 1.29 is 0 Å². The number of hydrogen-bond donors (Lipinski definition) is 0. The molecule has 78 valence electrons. The lowest BCUT2D eigenvalue weighted by atomic mass is 10.4. The lowest BCUT2D eigenvalue weighted by molar-refractivity contribution is 0.806. The lowest BCUT2D eigenvalue weighted by Gasteiger charge is -2.02. The Labute approximate surface area is 101 Å². The highest BCUT2D eigenvalue weighted by Gasteiger charge is 2.10. The van der Waals surface area contributed by atoms with Crippen LogP contribution in [0.5, 0.6) is 0 Å². The van der Waals surface area contributed by atoms with E-state index in [1.165, 1.54) is 0 Å². The molecule has 0 unspecified atom stereocenters. The zero-order chi connectivity index (χ0) is 11.0. The minimum atomic E-state index is 0.469. The highest BCUT2D eigenvalue weighted by molar-refractivity contribution is 9.10. The molecule has 0 saturated heterocycles. The van der Waals surface area contributed by atoms with Gasteiger partial charge in [0.05, 0.1) is 15.9 Å². The number of aromatic nitrogens is 3. The van der Waals surface area contributed by atoms with Crippen LogP contribution in [0.4, 0.5) is 0 Å². The first-order chi connectivity index (χ1) is 7.09. The van der Waals surface area contributed by atoms with Crippen molar-refractivity contribution in [1.82, 2.24) is 14.8 Å². The van der Waals surface area contributed by atoms with E-state index in [1.807, 2.05) is 26.0 Å². The highest BCUT2D eigenvalue weighted by atomic mass is 79.9. The van der Waals surface area contributed by atoms with Gasteiger partial charge < -0.3 is 0 Å². The third-order valence-corrected chi connectivity index (χ3v) is 3.48. The second kappa shape index (κ2) is 3.94. The lowest BCUT2D eigenvalue weighted by Crippen LogP contribution is -2.01. The van der Waals surface area contributed by atoms with Gasteiger partial charge in [-0.05, 0) is 41.9 Å². The average molecular weight is 287 g/mol. The summed E-state index contributed by atoms with van der Waals surface area (Å²) in [6, 6.07) is 5.47. The zero-order valence-corrected chi connectivity index (χ0v) is 10.7. The van der Waals surface area contributed by atoms with Gasteiger partial charge in [0.15, 0.2) is 5.82 Å². The van der Waals surface area contributed by atoms with Crippen LogP contribution >= 0.6 is 27.5 Å². The maximum atomic E-state index is 5.83. The second-order valence-corrected chi connectivity index (χ2v) is 4.40. The minimum absolute atomic E-state index is 0.469. The van der Waals surface area contributed by atoms with Gasteiger partial charge in [-0.25, -0.2) is 9.67 Å². The van der Waals surface area contributed by atoms with E-state index in [2.05, 4.69) is 26.0 Å². The van der Waals surface area contributed by atoms with Gasteiger partial charge in [-0.3, -0.25) is 0 Å². The Morgan fingerprint density at radius 3 is 2.60 bits per heavy atom. The van der Waals surface area contributed by atoms with Crippen LogP contribution in [-0.4, -0.2) is 14.8 Å². The molecule has 2 aromatic rings. The van der Waals surface area contributed by atoms with Crippen LogP contribution in [0.25, 0.3) is 5.82 Å². The fourth-order valence-electron chi connectivity index (χ4n) is 1.36. The normalized spacial score (nSPS) is 10.7. The van der Waals surface area contributed by atoms with Gasteiger partial charge in [0.2, 0.25) is 0 Å². The maximum Gasteiger partial charge on any atom is 0.155 e. The monoisotopic (exact) mass is 285 g/mol. The second-order valence-electron chi connectivity index (χ2n) is 3.22. The summed E-state index contributed by atoms with van der Waals surface area (Å²) in [5.74, 6) is 0.730. The van der Waals surface area contributed by atoms with Gasteiger partial charge >= 0.3 is 0 Å². The molecule has 0 bridgehead atoms. The summed E-state index contributed by atoms with van der Waals surface area (Å²) in [7, 11) is 0. The molecule has 3 nitrogen and oxygen atoms in total. The van der Waals surface area contributed by atoms with Gasteiger partial charge in [-0.2, -0.15) is 5.10 Å².